The van der Waals surface area contributed by atoms with Crippen LogP contribution in [0.15, 0.2) is 52.1 Å². The summed E-state index contributed by atoms with van der Waals surface area (Å²) in [5.74, 6) is -0.0146. The van der Waals surface area contributed by atoms with E-state index in [4.69, 9.17) is 0 Å². The Morgan fingerprint density at radius 2 is 1.84 bits per heavy atom. The van der Waals surface area contributed by atoms with Crippen LogP contribution in [-0.4, -0.2) is 30.7 Å². The molecule has 8 heteroatoms. The van der Waals surface area contributed by atoms with Gasteiger partial charge in [-0.25, -0.2) is 13.9 Å². The second-order valence-electron chi connectivity index (χ2n) is 7.94. The van der Waals surface area contributed by atoms with Gasteiger partial charge in [0, 0.05) is 18.7 Å². The average molecular weight is 419 g/mol. The highest BCUT2D eigenvalue weighted by molar-refractivity contribution is 5.98. The predicted molar refractivity (Wildman–Crippen MR) is 120 cm³/mol. The molecule has 1 atom stereocenters. The zero-order chi connectivity index (χ0) is 22.3. The highest BCUT2D eigenvalue weighted by Gasteiger charge is 2.18. The van der Waals surface area contributed by atoms with Gasteiger partial charge in [0.1, 0.15) is 0 Å². The van der Waals surface area contributed by atoms with Gasteiger partial charge in [0.2, 0.25) is 5.78 Å². The molecule has 0 aliphatic carbocycles. The third-order valence-corrected chi connectivity index (χ3v) is 5.60. The SMILES string of the molecule is CCC(C)NC(=O)c1ccc2c(=O)n(C)c3nn(Cc4ccc(C)cc4)c(=O)n3c2c1. The zero-order valence-electron chi connectivity index (χ0n) is 18.0. The van der Waals surface area contributed by atoms with Gasteiger partial charge in [-0.1, -0.05) is 36.8 Å². The molecule has 0 fully saturated rings. The number of rotatable bonds is 5. The smallest absolute Gasteiger partial charge is 0.350 e. The van der Waals surface area contributed by atoms with Crippen LogP contribution in [0, 0.1) is 6.92 Å². The molecule has 1 amide bonds. The van der Waals surface area contributed by atoms with Crippen molar-refractivity contribution in [1.29, 1.82) is 0 Å². The maximum absolute atomic E-state index is 13.2. The molecule has 0 bridgehead atoms. The van der Waals surface area contributed by atoms with Gasteiger partial charge in [-0.15, -0.1) is 5.10 Å². The number of benzene rings is 2. The maximum atomic E-state index is 13.2. The topological polar surface area (TPSA) is 90.4 Å². The Morgan fingerprint density at radius 1 is 1.13 bits per heavy atom. The molecule has 0 aliphatic heterocycles. The van der Waals surface area contributed by atoms with E-state index in [-0.39, 0.29) is 35.5 Å². The number of aryl methyl sites for hydroxylation is 2. The van der Waals surface area contributed by atoms with E-state index in [0.717, 1.165) is 17.5 Å². The Hall–Kier alpha value is -3.68. The highest BCUT2D eigenvalue weighted by atomic mass is 16.2. The lowest BCUT2D eigenvalue weighted by Gasteiger charge is -2.12. The van der Waals surface area contributed by atoms with Crippen LogP contribution >= 0.6 is 0 Å². The number of nitrogens with one attached hydrogen (secondary N) is 1. The quantitative estimate of drug-likeness (QED) is 0.537. The van der Waals surface area contributed by atoms with E-state index in [2.05, 4.69) is 10.4 Å². The van der Waals surface area contributed by atoms with Gasteiger partial charge in [0.25, 0.3) is 11.5 Å². The first-order valence-corrected chi connectivity index (χ1v) is 10.3. The summed E-state index contributed by atoms with van der Waals surface area (Å²) in [4.78, 5) is 38.7. The number of amides is 1. The summed E-state index contributed by atoms with van der Waals surface area (Å²) in [5.41, 5.74) is 2.18. The summed E-state index contributed by atoms with van der Waals surface area (Å²) in [5, 5.41) is 7.67. The van der Waals surface area contributed by atoms with Crippen LogP contribution in [0.1, 0.15) is 41.8 Å². The van der Waals surface area contributed by atoms with Gasteiger partial charge in [-0.05, 0) is 44.0 Å². The number of carbonyl (C=O) groups excluding carboxylic acids is 1. The largest absolute Gasteiger partial charge is 0.352 e. The number of carbonyl (C=O) groups is 1. The third kappa shape index (κ3) is 3.65. The molecule has 4 rings (SSSR count). The van der Waals surface area contributed by atoms with Crippen molar-refractivity contribution in [2.45, 2.75) is 39.8 Å². The first-order chi connectivity index (χ1) is 14.8. The Labute approximate surface area is 178 Å². The van der Waals surface area contributed by atoms with E-state index in [1.54, 1.807) is 25.2 Å². The molecule has 0 radical (unpaired) electrons. The molecule has 0 saturated carbocycles. The fourth-order valence-corrected chi connectivity index (χ4v) is 3.51. The summed E-state index contributed by atoms with van der Waals surface area (Å²) in [6.45, 7) is 6.19. The second-order valence-corrected chi connectivity index (χ2v) is 7.94. The van der Waals surface area contributed by atoms with Crippen molar-refractivity contribution in [3.63, 3.8) is 0 Å². The third-order valence-electron chi connectivity index (χ3n) is 5.60. The van der Waals surface area contributed by atoms with Gasteiger partial charge in [0.05, 0.1) is 17.4 Å². The zero-order valence-corrected chi connectivity index (χ0v) is 18.0. The van der Waals surface area contributed by atoms with Crippen molar-refractivity contribution < 1.29 is 4.79 Å². The Bertz CT molecular complexity index is 1410. The van der Waals surface area contributed by atoms with E-state index in [1.807, 2.05) is 45.0 Å². The van der Waals surface area contributed by atoms with E-state index in [9.17, 15) is 14.4 Å². The van der Waals surface area contributed by atoms with Crippen molar-refractivity contribution in [3.8, 4) is 0 Å². The lowest BCUT2D eigenvalue weighted by Crippen LogP contribution is -2.32. The molecule has 160 valence electrons. The minimum Gasteiger partial charge on any atom is -0.350 e. The Kier molecular flexibility index (Phi) is 5.22. The van der Waals surface area contributed by atoms with E-state index >= 15 is 0 Å². The summed E-state index contributed by atoms with van der Waals surface area (Å²) in [6, 6.07) is 12.6. The summed E-state index contributed by atoms with van der Waals surface area (Å²) < 4.78 is 4.09. The molecule has 0 aliphatic rings. The Morgan fingerprint density at radius 3 is 2.52 bits per heavy atom. The number of aromatic nitrogens is 4. The molecular formula is C23H25N5O3. The molecule has 0 saturated heterocycles. The maximum Gasteiger partial charge on any atom is 0.352 e. The van der Waals surface area contributed by atoms with Gasteiger partial charge in [0.15, 0.2) is 0 Å². The molecule has 31 heavy (non-hydrogen) atoms. The molecule has 1 N–H and O–H groups in total. The van der Waals surface area contributed by atoms with Crippen LogP contribution in [0.2, 0.25) is 0 Å². The normalized spacial score (nSPS) is 12.4. The van der Waals surface area contributed by atoms with Crippen LogP contribution in [-0.2, 0) is 13.6 Å². The van der Waals surface area contributed by atoms with Crippen LogP contribution in [0.3, 0.4) is 0 Å². The van der Waals surface area contributed by atoms with Crippen LogP contribution in [0.5, 0.6) is 0 Å². The van der Waals surface area contributed by atoms with Crippen LogP contribution in [0.25, 0.3) is 16.7 Å². The Balaban J connectivity index is 1.89. The molecule has 8 nitrogen and oxygen atoms in total. The van der Waals surface area contributed by atoms with Crippen molar-refractivity contribution in [3.05, 3.63) is 80.0 Å². The molecule has 1 unspecified atom stereocenters. The summed E-state index contributed by atoms with van der Waals surface area (Å²) in [7, 11) is 1.59. The second kappa shape index (κ2) is 7.86. The minimum atomic E-state index is -0.365. The van der Waals surface area contributed by atoms with Crippen molar-refractivity contribution in [2.24, 2.45) is 7.05 Å². The average Bonchev–Trinajstić information content (AvgIpc) is 3.09. The fraction of sp³-hybridized carbons (Fsp3) is 0.304. The summed E-state index contributed by atoms with van der Waals surface area (Å²) in [6.07, 6.45) is 0.801. The lowest BCUT2D eigenvalue weighted by atomic mass is 10.1. The highest BCUT2D eigenvalue weighted by Crippen LogP contribution is 2.14. The molecule has 4 aromatic rings. The van der Waals surface area contributed by atoms with Crippen molar-refractivity contribution in [1.82, 2.24) is 24.1 Å². The first-order valence-electron chi connectivity index (χ1n) is 10.3. The first kappa shape index (κ1) is 20.6. The van der Waals surface area contributed by atoms with Gasteiger partial charge < -0.3 is 5.32 Å². The van der Waals surface area contributed by atoms with E-state index < -0.39 is 0 Å². The fourth-order valence-electron chi connectivity index (χ4n) is 3.51. The monoisotopic (exact) mass is 419 g/mol. The summed E-state index contributed by atoms with van der Waals surface area (Å²) >= 11 is 0. The van der Waals surface area contributed by atoms with E-state index in [1.165, 1.54) is 13.6 Å². The molecule has 2 heterocycles. The van der Waals surface area contributed by atoms with Crippen molar-refractivity contribution in [2.75, 3.05) is 0 Å². The lowest BCUT2D eigenvalue weighted by molar-refractivity contribution is 0.0939. The van der Waals surface area contributed by atoms with Gasteiger partial charge >= 0.3 is 5.69 Å². The number of fused-ring (bicyclic) bond motifs is 3. The van der Waals surface area contributed by atoms with Crippen LogP contribution < -0.4 is 16.6 Å². The molecule has 2 aromatic heterocycles. The molecule has 0 spiro atoms. The van der Waals surface area contributed by atoms with E-state index in [0.29, 0.717) is 16.5 Å². The molecular weight excluding hydrogens is 394 g/mol. The number of hydrogen-bond donors (Lipinski definition) is 1. The number of nitrogens with zero attached hydrogens (tertiary/aromatic N) is 4. The minimum absolute atomic E-state index is 0.0202. The number of hydrogen-bond acceptors (Lipinski definition) is 4. The standard InChI is InChI=1S/C23H25N5O3/c1-5-15(3)24-20(29)17-10-11-18-19(12-17)28-22(26(4)21(18)30)25-27(23(28)31)13-16-8-6-14(2)7-9-16/h6-12,15H,5,13H2,1-4H3,(H,24,29). The van der Waals surface area contributed by atoms with Crippen LogP contribution in [0.4, 0.5) is 0 Å². The predicted octanol–water partition coefficient (Wildman–Crippen LogP) is 2.23. The molecule has 2 aromatic carbocycles. The van der Waals surface area contributed by atoms with Gasteiger partial charge in [-0.3, -0.25) is 14.2 Å². The van der Waals surface area contributed by atoms with Gasteiger partial charge in [-0.2, -0.15) is 0 Å². The van der Waals surface area contributed by atoms with Crippen molar-refractivity contribution >= 4 is 22.6 Å².